The molecule has 0 unspecified atom stereocenters. The number of oxazole rings is 1. The maximum absolute atomic E-state index is 12.7. The number of rotatable bonds is 3. The maximum Gasteiger partial charge on any atom is 0.253 e. The average molecular weight is 407 g/mol. The zero-order chi connectivity index (χ0) is 20.4. The first kappa shape index (κ1) is 19.0. The molecule has 0 atom stereocenters. The van der Waals surface area contributed by atoms with E-state index in [1.165, 1.54) is 0 Å². The molecule has 2 heterocycles. The summed E-state index contributed by atoms with van der Waals surface area (Å²) < 4.78 is 5.91. The molecule has 4 rings (SSSR count). The number of hydrogen-bond donors (Lipinski definition) is 0. The lowest BCUT2D eigenvalue weighted by Gasteiger charge is -2.34. The molecular formula is C22H19ClN4O2. The van der Waals surface area contributed by atoms with Gasteiger partial charge in [0.15, 0.2) is 0 Å². The van der Waals surface area contributed by atoms with E-state index in [0.29, 0.717) is 54.1 Å². The monoisotopic (exact) mass is 406 g/mol. The molecule has 3 aromatic rings. The molecule has 1 amide bonds. The van der Waals surface area contributed by atoms with Gasteiger partial charge >= 0.3 is 0 Å². The van der Waals surface area contributed by atoms with E-state index in [0.717, 1.165) is 5.56 Å². The zero-order valence-corrected chi connectivity index (χ0v) is 16.7. The number of amides is 1. The van der Waals surface area contributed by atoms with Gasteiger partial charge in [0.2, 0.25) is 17.5 Å². The molecule has 1 aliphatic heterocycles. The van der Waals surface area contributed by atoms with E-state index in [2.05, 4.69) is 11.1 Å². The van der Waals surface area contributed by atoms with Gasteiger partial charge in [0.1, 0.15) is 6.07 Å². The lowest BCUT2D eigenvalue weighted by atomic mass is 10.1. The Balaban J connectivity index is 1.50. The van der Waals surface area contributed by atoms with E-state index in [4.69, 9.17) is 16.0 Å². The van der Waals surface area contributed by atoms with Gasteiger partial charge in [0, 0.05) is 42.3 Å². The summed E-state index contributed by atoms with van der Waals surface area (Å²) in [4.78, 5) is 20.8. The smallest absolute Gasteiger partial charge is 0.253 e. The largest absolute Gasteiger partial charge is 0.419 e. The first-order valence-corrected chi connectivity index (χ1v) is 9.70. The van der Waals surface area contributed by atoms with Crippen LogP contribution in [-0.4, -0.2) is 42.0 Å². The molecule has 7 heteroatoms. The predicted octanol–water partition coefficient (Wildman–Crippen LogP) is 4.14. The van der Waals surface area contributed by atoms with Gasteiger partial charge < -0.3 is 14.2 Å². The molecule has 0 spiro atoms. The second kappa shape index (κ2) is 7.98. The van der Waals surface area contributed by atoms with Crippen LogP contribution < -0.4 is 4.90 Å². The van der Waals surface area contributed by atoms with Crippen molar-refractivity contribution in [2.24, 2.45) is 0 Å². The van der Waals surface area contributed by atoms with Gasteiger partial charge in [-0.05, 0) is 37.3 Å². The third-order valence-electron chi connectivity index (χ3n) is 4.91. The summed E-state index contributed by atoms with van der Waals surface area (Å²) in [5.74, 6) is 0.813. The second-order valence-electron chi connectivity index (χ2n) is 6.94. The third kappa shape index (κ3) is 3.96. The molecule has 0 aliphatic carbocycles. The van der Waals surface area contributed by atoms with Crippen LogP contribution >= 0.6 is 11.6 Å². The first-order valence-electron chi connectivity index (χ1n) is 9.33. The van der Waals surface area contributed by atoms with Gasteiger partial charge in [-0.25, -0.2) is 0 Å². The molecule has 1 fully saturated rings. The Morgan fingerprint density at radius 3 is 2.59 bits per heavy atom. The van der Waals surface area contributed by atoms with Crippen LogP contribution in [0, 0.1) is 18.3 Å². The SMILES string of the molecule is Cc1cccc(C(=O)N2CCN(c3oc(-c4cccc(Cl)c4)nc3C#N)CC2)c1. The highest BCUT2D eigenvalue weighted by atomic mass is 35.5. The van der Waals surface area contributed by atoms with Gasteiger partial charge in [-0.2, -0.15) is 10.2 Å². The summed E-state index contributed by atoms with van der Waals surface area (Å²) in [5.41, 5.74) is 2.70. The van der Waals surface area contributed by atoms with Crippen LogP contribution in [0.1, 0.15) is 21.6 Å². The molecule has 0 radical (unpaired) electrons. The standard InChI is InChI=1S/C22H19ClN4O2/c1-15-4-2-6-17(12-15)21(28)26-8-10-27(11-9-26)22-19(14-24)25-20(29-22)16-5-3-7-18(23)13-16/h2-7,12-13H,8-11H2,1H3. The van der Waals surface area contributed by atoms with E-state index in [9.17, 15) is 10.1 Å². The second-order valence-corrected chi connectivity index (χ2v) is 7.38. The highest BCUT2D eigenvalue weighted by Crippen LogP contribution is 2.30. The summed E-state index contributed by atoms with van der Waals surface area (Å²) in [5, 5.41) is 10.1. The van der Waals surface area contributed by atoms with Gasteiger partial charge in [-0.15, -0.1) is 0 Å². The molecule has 1 aromatic heterocycles. The fraction of sp³-hybridized carbons (Fsp3) is 0.227. The Labute approximate surface area is 173 Å². The number of piperazine rings is 1. The summed E-state index contributed by atoms with van der Waals surface area (Å²) in [7, 11) is 0. The number of aromatic nitrogens is 1. The molecule has 29 heavy (non-hydrogen) atoms. The number of benzene rings is 2. The lowest BCUT2D eigenvalue weighted by molar-refractivity contribution is 0.0745. The van der Waals surface area contributed by atoms with Crippen LogP contribution in [0.15, 0.2) is 52.9 Å². The van der Waals surface area contributed by atoms with Crippen LogP contribution in [0.5, 0.6) is 0 Å². The molecule has 1 aliphatic rings. The van der Waals surface area contributed by atoms with E-state index in [1.54, 1.807) is 12.1 Å². The highest BCUT2D eigenvalue weighted by molar-refractivity contribution is 6.30. The Bertz CT molecular complexity index is 1090. The van der Waals surface area contributed by atoms with Crippen molar-refractivity contribution in [3.63, 3.8) is 0 Å². The van der Waals surface area contributed by atoms with Gasteiger partial charge in [-0.3, -0.25) is 4.79 Å². The molecule has 0 N–H and O–H groups in total. The minimum absolute atomic E-state index is 0.0195. The fourth-order valence-corrected chi connectivity index (χ4v) is 3.61. The Morgan fingerprint density at radius 1 is 1.14 bits per heavy atom. The number of hydrogen-bond acceptors (Lipinski definition) is 5. The summed E-state index contributed by atoms with van der Waals surface area (Å²) in [6.07, 6.45) is 0. The van der Waals surface area contributed by atoms with Crippen LogP contribution in [0.2, 0.25) is 5.02 Å². The summed E-state index contributed by atoms with van der Waals surface area (Å²) in [6, 6.07) is 16.9. The predicted molar refractivity (Wildman–Crippen MR) is 111 cm³/mol. The fourth-order valence-electron chi connectivity index (χ4n) is 3.42. The van der Waals surface area contributed by atoms with Crippen molar-refractivity contribution in [2.45, 2.75) is 6.92 Å². The van der Waals surface area contributed by atoms with Crippen molar-refractivity contribution < 1.29 is 9.21 Å². The molecule has 2 aromatic carbocycles. The lowest BCUT2D eigenvalue weighted by Crippen LogP contribution is -2.48. The van der Waals surface area contributed by atoms with Crippen LogP contribution in [-0.2, 0) is 0 Å². The minimum Gasteiger partial charge on any atom is -0.419 e. The molecule has 6 nitrogen and oxygen atoms in total. The topological polar surface area (TPSA) is 73.4 Å². The Hall–Kier alpha value is -3.30. The Morgan fingerprint density at radius 2 is 1.90 bits per heavy atom. The molecule has 0 saturated carbocycles. The molecular weight excluding hydrogens is 388 g/mol. The Kier molecular flexibility index (Phi) is 5.24. The van der Waals surface area contributed by atoms with E-state index >= 15 is 0 Å². The molecule has 0 bridgehead atoms. The van der Waals surface area contributed by atoms with E-state index < -0.39 is 0 Å². The zero-order valence-electron chi connectivity index (χ0n) is 15.9. The normalized spacial score (nSPS) is 14.0. The third-order valence-corrected chi connectivity index (χ3v) is 5.14. The molecule has 1 saturated heterocycles. The number of carbonyl (C=O) groups excluding carboxylic acids is 1. The summed E-state index contributed by atoms with van der Waals surface area (Å²) in [6.45, 7) is 4.20. The number of carbonyl (C=O) groups is 1. The van der Waals surface area contributed by atoms with Gasteiger partial charge in [0.25, 0.3) is 5.91 Å². The van der Waals surface area contributed by atoms with Crippen LogP contribution in [0.25, 0.3) is 11.5 Å². The first-order chi connectivity index (χ1) is 14.0. The minimum atomic E-state index is 0.0195. The van der Waals surface area contributed by atoms with Crippen molar-refractivity contribution in [1.82, 2.24) is 9.88 Å². The average Bonchev–Trinajstić information content (AvgIpc) is 3.18. The molecule has 146 valence electrons. The van der Waals surface area contributed by atoms with Gasteiger partial charge in [0.05, 0.1) is 0 Å². The van der Waals surface area contributed by atoms with Crippen molar-refractivity contribution in [3.05, 3.63) is 70.4 Å². The number of anilines is 1. The number of aryl methyl sites for hydroxylation is 1. The quantitative estimate of drug-likeness (QED) is 0.653. The highest BCUT2D eigenvalue weighted by Gasteiger charge is 2.27. The maximum atomic E-state index is 12.7. The van der Waals surface area contributed by atoms with E-state index in [1.807, 2.05) is 53.1 Å². The van der Waals surface area contributed by atoms with Gasteiger partial charge in [-0.1, -0.05) is 35.4 Å². The number of nitriles is 1. The summed E-state index contributed by atoms with van der Waals surface area (Å²) >= 11 is 6.05. The number of halogens is 1. The van der Waals surface area contributed by atoms with Crippen molar-refractivity contribution in [1.29, 1.82) is 5.26 Å². The number of nitrogens with zero attached hydrogens (tertiary/aromatic N) is 4. The van der Waals surface area contributed by atoms with E-state index in [-0.39, 0.29) is 11.6 Å². The van der Waals surface area contributed by atoms with Crippen molar-refractivity contribution >= 4 is 23.4 Å². The van der Waals surface area contributed by atoms with Crippen LogP contribution in [0.4, 0.5) is 5.88 Å². The van der Waals surface area contributed by atoms with Crippen LogP contribution in [0.3, 0.4) is 0 Å². The van der Waals surface area contributed by atoms with Crippen molar-refractivity contribution in [3.8, 4) is 17.5 Å². The van der Waals surface area contributed by atoms with Crippen molar-refractivity contribution in [2.75, 3.05) is 31.1 Å².